The van der Waals surface area contributed by atoms with Crippen molar-refractivity contribution in [2.75, 3.05) is 19.6 Å². The van der Waals surface area contributed by atoms with Crippen LogP contribution >= 0.6 is 0 Å². The van der Waals surface area contributed by atoms with Crippen molar-refractivity contribution in [1.82, 2.24) is 20.4 Å². The van der Waals surface area contributed by atoms with Gasteiger partial charge in [0, 0.05) is 30.9 Å². The lowest BCUT2D eigenvalue weighted by molar-refractivity contribution is -0.140. The van der Waals surface area contributed by atoms with Crippen molar-refractivity contribution in [3.63, 3.8) is 0 Å². The standard InChI is InChI=1S/C21H26F4N4O/c1-3-17-15(12-26-4-2)19(28-27-17)20(30)29-10-8-13(9-11-29)14-6-5-7-16(22)18(14)21(23,24)25/h5-7,13,26H,3-4,8-12H2,1-2H3,(H,27,28). The molecule has 0 aliphatic carbocycles. The van der Waals surface area contributed by atoms with E-state index in [4.69, 9.17) is 0 Å². The molecule has 0 saturated carbocycles. The average molecular weight is 426 g/mol. The third kappa shape index (κ3) is 4.50. The Morgan fingerprint density at radius 1 is 1.27 bits per heavy atom. The molecule has 2 aromatic rings. The van der Waals surface area contributed by atoms with Crippen molar-refractivity contribution in [2.45, 2.75) is 51.7 Å². The van der Waals surface area contributed by atoms with E-state index >= 15 is 0 Å². The van der Waals surface area contributed by atoms with Gasteiger partial charge in [-0.25, -0.2) is 4.39 Å². The molecule has 1 fully saturated rings. The van der Waals surface area contributed by atoms with E-state index in [1.165, 1.54) is 12.1 Å². The molecule has 30 heavy (non-hydrogen) atoms. The first-order valence-electron chi connectivity index (χ1n) is 10.2. The molecule has 0 atom stereocenters. The van der Waals surface area contributed by atoms with Crippen molar-refractivity contribution in [2.24, 2.45) is 0 Å². The summed E-state index contributed by atoms with van der Waals surface area (Å²) in [6.45, 7) is 5.81. The number of likely N-dealkylation sites (tertiary alicyclic amines) is 1. The second kappa shape index (κ2) is 9.16. The van der Waals surface area contributed by atoms with Gasteiger partial charge in [0.05, 0.1) is 5.56 Å². The zero-order valence-electron chi connectivity index (χ0n) is 17.1. The van der Waals surface area contributed by atoms with Crippen LogP contribution in [-0.4, -0.2) is 40.6 Å². The summed E-state index contributed by atoms with van der Waals surface area (Å²) in [4.78, 5) is 14.6. The predicted octanol–water partition coefficient (Wildman–Crippen LogP) is 4.26. The maximum atomic E-state index is 13.9. The molecule has 1 aliphatic rings. The van der Waals surface area contributed by atoms with Gasteiger partial charge in [0.1, 0.15) is 5.82 Å². The van der Waals surface area contributed by atoms with E-state index in [1.54, 1.807) is 4.90 Å². The lowest BCUT2D eigenvalue weighted by Gasteiger charge is -2.33. The summed E-state index contributed by atoms with van der Waals surface area (Å²) < 4.78 is 54.0. The number of H-pyrrole nitrogens is 1. The number of aromatic amines is 1. The van der Waals surface area contributed by atoms with Crippen LogP contribution in [0.2, 0.25) is 0 Å². The van der Waals surface area contributed by atoms with Gasteiger partial charge in [-0.05, 0) is 43.4 Å². The van der Waals surface area contributed by atoms with Gasteiger partial charge >= 0.3 is 6.18 Å². The molecule has 0 bridgehead atoms. The summed E-state index contributed by atoms with van der Waals surface area (Å²) in [6.07, 6.45) is -3.36. The van der Waals surface area contributed by atoms with Crippen LogP contribution in [0.4, 0.5) is 17.6 Å². The summed E-state index contributed by atoms with van der Waals surface area (Å²) in [7, 11) is 0. The Morgan fingerprint density at radius 2 is 1.97 bits per heavy atom. The number of benzene rings is 1. The minimum Gasteiger partial charge on any atom is -0.337 e. The Bertz CT molecular complexity index is 886. The van der Waals surface area contributed by atoms with Crippen LogP contribution in [0.1, 0.15) is 65.5 Å². The molecular formula is C21H26F4N4O. The smallest absolute Gasteiger partial charge is 0.337 e. The van der Waals surface area contributed by atoms with E-state index in [0.717, 1.165) is 23.9 Å². The normalized spacial score (nSPS) is 15.6. The highest BCUT2D eigenvalue weighted by molar-refractivity contribution is 5.94. The number of aromatic nitrogens is 2. The Kier molecular flexibility index (Phi) is 6.80. The van der Waals surface area contributed by atoms with Gasteiger partial charge in [-0.2, -0.15) is 18.3 Å². The number of rotatable bonds is 6. The quantitative estimate of drug-likeness (QED) is 0.679. The van der Waals surface area contributed by atoms with E-state index in [1.807, 2.05) is 13.8 Å². The van der Waals surface area contributed by atoms with E-state index in [9.17, 15) is 22.4 Å². The molecule has 9 heteroatoms. The van der Waals surface area contributed by atoms with Crippen LogP contribution in [-0.2, 0) is 19.1 Å². The van der Waals surface area contributed by atoms with Crippen molar-refractivity contribution in [3.05, 3.63) is 52.1 Å². The van der Waals surface area contributed by atoms with E-state index in [2.05, 4.69) is 15.5 Å². The van der Waals surface area contributed by atoms with Gasteiger partial charge in [-0.15, -0.1) is 0 Å². The molecule has 1 aliphatic heterocycles. The third-order valence-corrected chi connectivity index (χ3v) is 5.61. The van der Waals surface area contributed by atoms with Gasteiger partial charge in [-0.3, -0.25) is 9.89 Å². The number of hydrogen-bond donors (Lipinski definition) is 2. The Morgan fingerprint density at radius 3 is 2.57 bits per heavy atom. The number of piperidine rings is 1. The molecule has 3 rings (SSSR count). The lowest BCUT2D eigenvalue weighted by atomic mass is 9.86. The van der Waals surface area contributed by atoms with E-state index < -0.39 is 23.5 Å². The molecule has 0 radical (unpaired) electrons. The van der Waals surface area contributed by atoms with E-state index in [0.29, 0.717) is 44.6 Å². The molecule has 1 aromatic heterocycles. The highest BCUT2D eigenvalue weighted by atomic mass is 19.4. The summed E-state index contributed by atoms with van der Waals surface area (Å²) in [5, 5.41) is 10.3. The fourth-order valence-electron chi connectivity index (χ4n) is 4.03. The van der Waals surface area contributed by atoms with Crippen LogP contribution in [0.25, 0.3) is 0 Å². The number of alkyl halides is 3. The molecule has 0 spiro atoms. The van der Waals surface area contributed by atoms with Gasteiger partial charge in [-0.1, -0.05) is 26.0 Å². The molecule has 1 amide bonds. The fraction of sp³-hybridized carbons (Fsp3) is 0.524. The molecule has 164 valence electrons. The molecule has 2 heterocycles. The first-order valence-corrected chi connectivity index (χ1v) is 10.2. The Balaban J connectivity index is 1.75. The summed E-state index contributed by atoms with van der Waals surface area (Å²) in [5.74, 6) is -1.93. The Hall–Kier alpha value is -2.42. The predicted molar refractivity (Wildman–Crippen MR) is 105 cm³/mol. The number of carbonyl (C=O) groups is 1. The molecule has 2 N–H and O–H groups in total. The van der Waals surface area contributed by atoms with Gasteiger partial charge in [0.2, 0.25) is 0 Å². The second-order valence-corrected chi connectivity index (χ2v) is 7.43. The van der Waals surface area contributed by atoms with Crippen molar-refractivity contribution < 1.29 is 22.4 Å². The van der Waals surface area contributed by atoms with Crippen LogP contribution in [0.5, 0.6) is 0 Å². The number of nitrogens with zero attached hydrogens (tertiary/aromatic N) is 2. The third-order valence-electron chi connectivity index (χ3n) is 5.61. The maximum Gasteiger partial charge on any atom is 0.419 e. The van der Waals surface area contributed by atoms with Crippen LogP contribution < -0.4 is 5.32 Å². The maximum absolute atomic E-state index is 13.9. The number of amides is 1. The first-order chi connectivity index (χ1) is 14.3. The van der Waals surface area contributed by atoms with Gasteiger partial charge in [0.15, 0.2) is 5.69 Å². The summed E-state index contributed by atoms with van der Waals surface area (Å²) in [6, 6.07) is 3.48. The van der Waals surface area contributed by atoms with Crippen molar-refractivity contribution in [3.8, 4) is 0 Å². The second-order valence-electron chi connectivity index (χ2n) is 7.43. The minimum atomic E-state index is -4.75. The lowest BCUT2D eigenvalue weighted by Crippen LogP contribution is -2.39. The number of carbonyl (C=O) groups excluding carboxylic acids is 1. The minimum absolute atomic E-state index is 0.0320. The highest BCUT2D eigenvalue weighted by Gasteiger charge is 2.39. The molecule has 0 unspecified atom stereocenters. The first kappa shape index (κ1) is 22.3. The zero-order chi connectivity index (χ0) is 21.9. The highest BCUT2D eigenvalue weighted by Crippen LogP contribution is 2.40. The van der Waals surface area contributed by atoms with Crippen molar-refractivity contribution >= 4 is 5.91 Å². The van der Waals surface area contributed by atoms with Crippen LogP contribution in [0.3, 0.4) is 0 Å². The number of halogens is 4. The van der Waals surface area contributed by atoms with Gasteiger partial charge in [0.25, 0.3) is 5.91 Å². The number of hydrogen-bond acceptors (Lipinski definition) is 3. The fourth-order valence-corrected chi connectivity index (χ4v) is 4.03. The largest absolute Gasteiger partial charge is 0.419 e. The van der Waals surface area contributed by atoms with Crippen LogP contribution in [0, 0.1) is 5.82 Å². The summed E-state index contributed by atoms with van der Waals surface area (Å²) >= 11 is 0. The number of aryl methyl sites for hydroxylation is 1. The van der Waals surface area contributed by atoms with Gasteiger partial charge < -0.3 is 10.2 Å². The zero-order valence-corrected chi connectivity index (χ0v) is 17.1. The summed E-state index contributed by atoms with van der Waals surface area (Å²) in [5.41, 5.74) is 0.853. The Labute approximate surface area is 172 Å². The average Bonchev–Trinajstić information content (AvgIpc) is 3.13. The molecule has 1 aromatic carbocycles. The monoisotopic (exact) mass is 426 g/mol. The van der Waals surface area contributed by atoms with Crippen LogP contribution in [0.15, 0.2) is 18.2 Å². The molecular weight excluding hydrogens is 400 g/mol. The topological polar surface area (TPSA) is 61.0 Å². The molecule has 5 nitrogen and oxygen atoms in total. The van der Waals surface area contributed by atoms with E-state index in [-0.39, 0.29) is 11.5 Å². The molecule has 1 saturated heterocycles. The number of nitrogens with one attached hydrogen (secondary N) is 2. The van der Waals surface area contributed by atoms with Crippen molar-refractivity contribution in [1.29, 1.82) is 0 Å². The SMILES string of the molecule is CCNCc1c(C(=O)N2CCC(c3cccc(F)c3C(F)(F)F)CC2)n[nH]c1CC.